The summed E-state index contributed by atoms with van der Waals surface area (Å²) in [6.07, 6.45) is 8.48. The van der Waals surface area contributed by atoms with Crippen LogP contribution in [0.2, 0.25) is 0 Å². The van der Waals surface area contributed by atoms with Gasteiger partial charge in [-0.1, -0.05) is 6.07 Å². The number of benzene rings is 2. The van der Waals surface area contributed by atoms with Crippen LogP contribution in [0.25, 0.3) is 6.08 Å². The molecular weight excluding hydrogens is 438 g/mol. The van der Waals surface area contributed by atoms with Gasteiger partial charge in [-0.05, 0) is 6.07 Å². The fraction of sp³-hybridized carbons (Fsp3) is 0.321. The minimum absolute atomic E-state index is 0.0254. The van der Waals surface area contributed by atoms with E-state index in [1.807, 2.05) is 42.5 Å². The second-order valence-corrected chi connectivity index (χ2v) is 9.77. The van der Waals surface area contributed by atoms with Crippen molar-refractivity contribution in [2.45, 2.75) is 50.0 Å². The van der Waals surface area contributed by atoms with Crippen molar-refractivity contribution in [2.24, 2.45) is 10.6 Å². The Kier molecular flexibility index (Phi) is 6.51. The Morgan fingerprint density at radius 2 is 2.00 bits per heavy atom. The van der Waals surface area contributed by atoms with Gasteiger partial charge in [-0.3, -0.25) is 0 Å². The Bertz CT molecular complexity index is 1220. The van der Waals surface area contributed by atoms with Gasteiger partial charge in [-0.2, -0.15) is 0 Å². The fourth-order valence-corrected chi connectivity index (χ4v) is 6.23. The number of nitrogens with zero attached hydrogens (tertiary/aromatic N) is 2. The molecule has 5 rings (SSSR count). The zero-order valence-corrected chi connectivity index (χ0v) is 20.7. The molecule has 4 nitrogen and oxygen atoms in total. The van der Waals surface area contributed by atoms with Crippen LogP contribution in [-0.4, -0.2) is 17.4 Å². The molecule has 1 saturated carbocycles. The van der Waals surface area contributed by atoms with Gasteiger partial charge >= 0.3 is 193 Å². The summed E-state index contributed by atoms with van der Waals surface area (Å²) in [7, 11) is 3.74. The molecule has 0 saturated heterocycles. The van der Waals surface area contributed by atoms with Gasteiger partial charge in [-0.15, -0.1) is 0 Å². The third kappa shape index (κ3) is 4.06. The summed E-state index contributed by atoms with van der Waals surface area (Å²) < 4.78 is 9.50. The van der Waals surface area contributed by atoms with E-state index in [1.54, 1.807) is 6.20 Å². The molecule has 3 aromatic rings. The van der Waals surface area contributed by atoms with Crippen molar-refractivity contribution < 1.29 is 9.76 Å². The molecule has 0 radical (unpaired) electrons. The van der Waals surface area contributed by atoms with E-state index in [2.05, 4.69) is 56.3 Å². The number of pyridine rings is 1. The summed E-state index contributed by atoms with van der Waals surface area (Å²) in [6.45, 7) is 2.29. The zero-order valence-electron chi connectivity index (χ0n) is 19.5. The third-order valence-electron chi connectivity index (χ3n) is 7.85. The average Bonchev–Trinajstić information content (AvgIpc) is 2.89. The van der Waals surface area contributed by atoms with Crippen molar-refractivity contribution in [1.82, 2.24) is 4.98 Å². The molecule has 172 valence electrons. The van der Waals surface area contributed by atoms with Gasteiger partial charge in [0.15, 0.2) is 0 Å². The molecule has 1 heterocycles. The van der Waals surface area contributed by atoms with Crippen LogP contribution < -0.4 is 4.65 Å². The number of rotatable bonds is 5. The molecular formula is C28H30BN2O2P. The predicted octanol–water partition coefficient (Wildman–Crippen LogP) is 6.03. The van der Waals surface area contributed by atoms with E-state index >= 15 is 0 Å². The Morgan fingerprint density at radius 1 is 1.18 bits per heavy atom. The zero-order chi connectivity index (χ0) is 23.6. The van der Waals surface area contributed by atoms with Gasteiger partial charge in [0, 0.05) is 0 Å². The second kappa shape index (κ2) is 9.56. The van der Waals surface area contributed by atoms with Gasteiger partial charge in [-0.25, -0.2) is 0 Å². The first kappa shape index (κ1) is 23.1. The van der Waals surface area contributed by atoms with Gasteiger partial charge in [0.1, 0.15) is 0 Å². The van der Waals surface area contributed by atoms with E-state index in [9.17, 15) is 5.11 Å². The average molecular weight is 468 g/mol. The van der Waals surface area contributed by atoms with Crippen molar-refractivity contribution in [3.05, 3.63) is 101 Å². The van der Waals surface area contributed by atoms with E-state index in [0.29, 0.717) is 12.3 Å². The van der Waals surface area contributed by atoms with Crippen LogP contribution in [0.1, 0.15) is 55.0 Å². The van der Waals surface area contributed by atoms with Crippen LogP contribution in [0.3, 0.4) is 0 Å². The van der Waals surface area contributed by atoms with E-state index in [-0.39, 0.29) is 5.41 Å². The summed E-state index contributed by atoms with van der Waals surface area (Å²) in [6, 6.07) is 22.6. The number of fused-ring (bicyclic) bond motifs is 3. The first-order valence-corrected chi connectivity index (χ1v) is 12.5. The molecule has 0 aliphatic heterocycles. The van der Waals surface area contributed by atoms with E-state index < -0.39 is 5.60 Å². The maximum atomic E-state index is 12.2. The number of hydrogen-bond donors (Lipinski definition) is 1. The van der Waals surface area contributed by atoms with E-state index in [4.69, 9.17) is 4.65 Å². The molecule has 6 heteroatoms. The van der Waals surface area contributed by atoms with E-state index in [1.165, 1.54) is 18.4 Å². The molecule has 2 aliphatic carbocycles. The molecule has 2 aliphatic rings. The van der Waals surface area contributed by atoms with Crippen LogP contribution in [-0.2, 0) is 17.4 Å². The number of aryl methyl sites for hydroxylation is 1. The summed E-state index contributed by atoms with van der Waals surface area (Å²) >= 11 is 0. The van der Waals surface area contributed by atoms with Crippen LogP contribution in [0, 0.1) is 5.92 Å². The van der Waals surface area contributed by atoms with Crippen LogP contribution in [0.5, 0.6) is 5.75 Å². The first-order chi connectivity index (χ1) is 16.6. The standard InChI is InChI=1S/C28H30BN2O2P/c1-2-27-18-23(16-20-8-4-3-5-9-20)28(32,26-10-6-7-15-30-26)19-22(27)12-11-21-17-24(33-29-31-34)13-14-25(21)27/h3-10,13-17,22,32H,2,11-12,18-19,34H2,1H3/b23-16+/t22-,27-,28+/m1/s1. The maximum absolute atomic E-state index is 12.2. The summed E-state index contributed by atoms with van der Waals surface area (Å²) in [5, 5.41) is 12.2. The number of aromatic nitrogens is 1. The fourth-order valence-electron chi connectivity index (χ4n) is 6.17. The number of hydrogen-bond acceptors (Lipinski definition) is 4. The van der Waals surface area contributed by atoms with Crippen LogP contribution in [0.15, 0.2) is 83.2 Å². The Balaban J connectivity index is 1.63. The monoisotopic (exact) mass is 468 g/mol. The topological polar surface area (TPSA) is 54.7 Å². The van der Waals surface area contributed by atoms with Crippen LogP contribution >= 0.6 is 9.39 Å². The van der Waals surface area contributed by atoms with Crippen molar-refractivity contribution in [2.75, 3.05) is 0 Å². The normalized spacial score (nSPS) is 27.1. The molecule has 0 amide bonds. The molecule has 1 aromatic heterocycles. The SMILES string of the molecule is CC[C@@]12C/C(=C\c3ccccc3)[C@](O)(c3ccccn3)C[C@H]1CCc1cc(OB=NP)ccc12. The van der Waals surface area contributed by atoms with Gasteiger partial charge in [0.2, 0.25) is 0 Å². The Hall–Kier alpha value is -2.62. The summed E-state index contributed by atoms with van der Waals surface area (Å²) in [4.78, 5) is 4.62. The summed E-state index contributed by atoms with van der Waals surface area (Å²) in [5.41, 5.74) is 4.53. The van der Waals surface area contributed by atoms with Gasteiger partial charge < -0.3 is 0 Å². The molecule has 2 aromatic carbocycles. The molecule has 1 N–H and O–H groups in total. The van der Waals surface area contributed by atoms with Gasteiger partial charge in [0.25, 0.3) is 0 Å². The Morgan fingerprint density at radius 3 is 2.74 bits per heavy atom. The molecule has 1 unspecified atom stereocenters. The molecule has 0 spiro atoms. The van der Waals surface area contributed by atoms with Crippen molar-refractivity contribution >= 4 is 22.7 Å². The molecule has 34 heavy (non-hydrogen) atoms. The molecule has 1 fully saturated rings. The third-order valence-corrected chi connectivity index (χ3v) is 7.97. The Labute approximate surface area is 204 Å². The van der Waals surface area contributed by atoms with Crippen molar-refractivity contribution in [3.63, 3.8) is 0 Å². The van der Waals surface area contributed by atoms with Gasteiger partial charge in [0.05, 0.1) is 0 Å². The predicted molar refractivity (Wildman–Crippen MR) is 141 cm³/mol. The quantitative estimate of drug-likeness (QED) is 0.368. The minimum atomic E-state index is -1.07. The number of aliphatic hydroxyl groups is 1. The van der Waals surface area contributed by atoms with Crippen molar-refractivity contribution in [3.8, 4) is 5.75 Å². The first-order valence-electron chi connectivity index (χ1n) is 12.0. The second-order valence-electron chi connectivity index (χ2n) is 9.47. The molecule has 4 atom stereocenters. The van der Waals surface area contributed by atoms with Crippen molar-refractivity contribution in [1.29, 1.82) is 0 Å². The van der Waals surface area contributed by atoms with Crippen LogP contribution in [0.4, 0.5) is 0 Å². The van der Waals surface area contributed by atoms with E-state index in [0.717, 1.165) is 48.3 Å². The molecule has 0 bridgehead atoms. The summed E-state index contributed by atoms with van der Waals surface area (Å²) in [5.74, 6) is 1.18.